The van der Waals surface area contributed by atoms with E-state index < -0.39 is 0 Å². The van der Waals surface area contributed by atoms with Crippen LogP contribution in [0, 0.1) is 5.92 Å². The van der Waals surface area contributed by atoms with Crippen LogP contribution in [0.15, 0.2) is 41.4 Å². The summed E-state index contributed by atoms with van der Waals surface area (Å²) in [6, 6.07) is 9.23. The summed E-state index contributed by atoms with van der Waals surface area (Å²) >= 11 is 0. The van der Waals surface area contributed by atoms with Gasteiger partial charge in [-0.2, -0.15) is 0 Å². The van der Waals surface area contributed by atoms with Gasteiger partial charge in [0.25, 0.3) is 0 Å². The first-order chi connectivity index (χ1) is 12.8. The zero-order chi connectivity index (χ0) is 18.2. The lowest BCUT2D eigenvalue weighted by Gasteiger charge is -2.32. The highest BCUT2D eigenvalue weighted by atomic mass is 16.3. The number of nitrogens with zero attached hydrogens (tertiary/aromatic N) is 2. The Bertz CT molecular complexity index is 595. The summed E-state index contributed by atoms with van der Waals surface area (Å²) < 4.78 is 0. The van der Waals surface area contributed by atoms with Crippen LogP contribution in [0.4, 0.5) is 5.69 Å². The normalized spacial score (nSPS) is 19.2. The molecule has 0 aromatic heterocycles. The van der Waals surface area contributed by atoms with E-state index >= 15 is 0 Å². The summed E-state index contributed by atoms with van der Waals surface area (Å²) in [4.78, 5) is 7.15. The van der Waals surface area contributed by atoms with Crippen LogP contribution < -0.4 is 15.5 Å². The van der Waals surface area contributed by atoms with E-state index in [0.717, 1.165) is 51.3 Å². The molecular weight excluding hydrogens is 324 g/mol. The molecule has 0 amide bonds. The lowest BCUT2D eigenvalue weighted by molar-refractivity contribution is 0.203. The summed E-state index contributed by atoms with van der Waals surface area (Å²) in [5.41, 5.74) is 2.50. The Morgan fingerprint density at radius 2 is 1.85 bits per heavy atom. The standard InChI is InChI=1S/C21H32N4O/c1-2-22-21(24-19-5-3-4-6-19)23-15-17-7-9-20(10-8-17)25-13-11-18(16-26)12-14-25/h3-4,7-10,18-19,26H,2,5-6,11-16H2,1H3,(H2,22,23,24). The Hall–Kier alpha value is -2.01. The molecule has 142 valence electrons. The van der Waals surface area contributed by atoms with Crippen LogP contribution in [-0.2, 0) is 6.54 Å². The summed E-state index contributed by atoms with van der Waals surface area (Å²) in [6.07, 6.45) is 8.76. The number of aliphatic hydroxyl groups excluding tert-OH is 1. The molecule has 0 atom stereocenters. The van der Waals surface area contributed by atoms with Gasteiger partial charge in [-0.1, -0.05) is 24.3 Å². The summed E-state index contributed by atoms with van der Waals surface area (Å²) in [7, 11) is 0. The van der Waals surface area contributed by atoms with Crippen molar-refractivity contribution in [3.05, 3.63) is 42.0 Å². The van der Waals surface area contributed by atoms with Crippen LogP contribution in [0.1, 0.15) is 38.2 Å². The van der Waals surface area contributed by atoms with Crippen molar-refractivity contribution in [2.24, 2.45) is 10.9 Å². The second kappa shape index (κ2) is 9.62. The number of aliphatic imine (C=N–C) groups is 1. The van der Waals surface area contributed by atoms with E-state index in [-0.39, 0.29) is 0 Å². The lowest BCUT2D eigenvalue weighted by Crippen LogP contribution is -2.42. The maximum Gasteiger partial charge on any atom is 0.191 e. The molecule has 26 heavy (non-hydrogen) atoms. The summed E-state index contributed by atoms with van der Waals surface area (Å²) in [5, 5.41) is 16.1. The van der Waals surface area contributed by atoms with Gasteiger partial charge in [-0.15, -0.1) is 0 Å². The van der Waals surface area contributed by atoms with Crippen LogP contribution >= 0.6 is 0 Å². The largest absolute Gasteiger partial charge is 0.396 e. The third kappa shape index (κ3) is 5.24. The highest BCUT2D eigenvalue weighted by molar-refractivity contribution is 5.80. The summed E-state index contributed by atoms with van der Waals surface area (Å²) in [5.74, 6) is 1.38. The molecule has 0 bridgehead atoms. The van der Waals surface area contributed by atoms with E-state index in [9.17, 15) is 5.11 Å². The second-order valence-corrected chi connectivity index (χ2v) is 7.26. The van der Waals surface area contributed by atoms with E-state index in [1.165, 1.54) is 11.3 Å². The first-order valence-electron chi connectivity index (χ1n) is 9.93. The topological polar surface area (TPSA) is 59.9 Å². The quantitative estimate of drug-likeness (QED) is 0.417. The van der Waals surface area contributed by atoms with Crippen LogP contribution in [0.2, 0.25) is 0 Å². The van der Waals surface area contributed by atoms with Gasteiger partial charge in [-0.05, 0) is 56.2 Å². The molecule has 1 aliphatic heterocycles. The number of piperidine rings is 1. The molecule has 5 heteroatoms. The minimum absolute atomic E-state index is 0.323. The molecule has 3 rings (SSSR count). The Morgan fingerprint density at radius 3 is 2.46 bits per heavy atom. The van der Waals surface area contributed by atoms with E-state index in [2.05, 4.69) is 58.9 Å². The minimum Gasteiger partial charge on any atom is -0.396 e. The first-order valence-corrected chi connectivity index (χ1v) is 9.93. The third-order valence-corrected chi connectivity index (χ3v) is 5.29. The van der Waals surface area contributed by atoms with E-state index in [1.54, 1.807) is 0 Å². The number of rotatable bonds is 6. The fraction of sp³-hybridized carbons (Fsp3) is 0.571. The van der Waals surface area contributed by atoms with Crippen molar-refractivity contribution in [2.75, 3.05) is 31.1 Å². The second-order valence-electron chi connectivity index (χ2n) is 7.26. The van der Waals surface area contributed by atoms with Crippen LogP contribution in [-0.4, -0.2) is 43.3 Å². The van der Waals surface area contributed by atoms with Crippen LogP contribution in [0.25, 0.3) is 0 Å². The molecule has 2 aliphatic rings. The van der Waals surface area contributed by atoms with Gasteiger partial charge in [0, 0.05) is 38.0 Å². The van der Waals surface area contributed by atoms with Crippen molar-refractivity contribution in [1.29, 1.82) is 0 Å². The first kappa shape index (κ1) is 18.8. The van der Waals surface area contributed by atoms with Crippen molar-refractivity contribution >= 4 is 11.6 Å². The molecule has 0 unspecified atom stereocenters. The molecule has 1 saturated heterocycles. The molecule has 1 heterocycles. The highest BCUT2D eigenvalue weighted by Gasteiger charge is 2.18. The number of aliphatic hydroxyl groups is 1. The average Bonchev–Trinajstić information content (AvgIpc) is 3.20. The van der Waals surface area contributed by atoms with Gasteiger partial charge in [0.15, 0.2) is 5.96 Å². The van der Waals surface area contributed by atoms with Crippen LogP contribution in [0.5, 0.6) is 0 Å². The zero-order valence-electron chi connectivity index (χ0n) is 15.8. The van der Waals surface area contributed by atoms with E-state index in [1.807, 2.05) is 0 Å². The molecule has 0 saturated carbocycles. The van der Waals surface area contributed by atoms with Gasteiger partial charge in [0.1, 0.15) is 0 Å². The van der Waals surface area contributed by atoms with Crippen molar-refractivity contribution in [1.82, 2.24) is 10.6 Å². The predicted molar refractivity (Wildman–Crippen MR) is 109 cm³/mol. The van der Waals surface area contributed by atoms with E-state index in [4.69, 9.17) is 4.99 Å². The zero-order valence-corrected chi connectivity index (χ0v) is 15.8. The molecule has 1 aromatic rings. The minimum atomic E-state index is 0.323. The molecule has 0 radical (unpaired) electrons. The number of anilines is 1. The van der Waals surface area contributed by atoms with E-state index in [0.29, 0.717) is 25.1 Å². The molecule has 1 aromatic carbocycles. The van der Waals surface area contributed by atoms with Gasteiger partial charge >= 0.3 is 0 Å². The number of guanidine groups is 1. The molecule has 5 nitrogen and oxygen atoms in total. The van der Waals surface area contributed by atoms with Crippen molar-refractivity contribution in [2.45, 2.75) is 45.2 Å². The highest BCUT2D eigenvalue weighted by Crippen LogP contribution is 2.23. The van der Waals surface area contributed by atoms with Gasteiger partial charge < -0.3 is 20.6 Å². The molecule has 0 spiro atoms. The van der Waals surface area contributed by atoms with Gasteiger partial charge in [0.05, 0.1) is 6.54 Å². The lowest BCUT2D eigenvalue weighted by atomic mass is 9.97. The molecule has 1 fully saturated rings. The van der Waals surface area contributed by atoms with Gasteiger partial charge in [0.2, 0.25) is 0 Å². The Kier molecular flexibility index (Phi) is 6.95. The third-order valence-electron chi connectivity index (χ3n) is 5.29. The van der Waals surface area contributed by atoms with Gasteiger partial charge in [-0.25, -0.2) is 4.99 Å². The Labute approximate surface area is 157 Å². The van der Waals surface area contributed by atoms with Crippen molar-refractivity contribution in [3.63, 3.8) is 0 Å². The van der Waals surface area contributed by atoms with Gasteiger partial charge in [-0.3, -0.25) is 0 Å². The fourth-order valence-corrected chi connectivity index (χ4v) is 3.60. The smallest absolute Gasteiger partial charge is 0.191 e. The van der Waals surface area contributed by atoms with Crippen molar-refractivity contribution in [3.8, 4) is 0 Å². The predicted octanol–water partition coefficient (Wildman–Crippen LogP) is 2.67. The van der Waals surface area contributed by atoms with Crippen LogP contribution in [0.3, 0.4) is 0 Å². The molecule has 3 N–H and O–H groups in total. The van der Waals surface area contributed by atoms with Crippen molar-refractivity contribution < 1.29 is 5.11 Å². The molecular formula is C21H32N4O. The number of benzene rings is 1. The number of hydrogen-bond donors (Lipinski definition) is 3. The Balaban J connectivity index is 1.54. The number of nitrogens with one attached hydrogen (secondary N) is 2. The fourth-order valence-electron chi connectivity index (χ4n) is 3.60. The monoisotopic (exact) mass is 356 g/mol. The Morgan fingerprint density at radius 1 is 1.15 bits per heavy atom. The maximum absolute atomic E-state index is 9.27. The molecule has 1 aliphatic carbocycles. The maximum atomic E-state index is 9.27. The average molecular weight is 357 g/mol. The SMILES string of the molecule is CCNC(=NCc1ccc(N2CCC(CO)CC2)cc1)NC1CC=CC1. The summed E-state index contributed by atoms with van der Waals surface area (Å²) in [6.45, 7) is 6.04. The number of hydrogen-bond acceptors (Lipinski definition) is 3.